The molecular weight excluding hydrogens is 381 g/mol. The van der Waals surface area contributed by atoms with Crippen molar-refractivity contribution in [3.8, 4) is 0 Å². The number of nitrogens with zero attached hydrogens (tertiary/aromatic N) is 2. The molecule has 0 aliphatic heterocycles. The van der Waals surface area contributed by atoms with Crippen LogP contribution in [0.25, 0.3) is 0 Å². The molecule has 5 nitrogen and oxygen atoms in total. The summed E-state index contributed by atoms with van der Waals surface area (Å²) in [4.78, 5) is 14.6. The first-order chi connectivity index (χ1) is 9.88. The third-order valence-corrected chi connectivity index (χ3v) is 3.82. The summed E-state index contributed by atoms with van der Waals surface area (Å²) in [7, 11) is 0. The number of halogens is 3. The molecule has 0 radical (unpaired) electrons. The van der Waals surface area contributed by atoms with Crippen LogP contribution >= 0.6 is 39.1 Å². The maximum Gasteiger partial charge on any atom is 0.311 e. The molecule has 0 aliphatic carbocycles. The van der Waals surface area contributed by atoms with E-state index in [2.05, 4.69) is 26.2 Å². The number of nitrogens with one attached hydrogen (secondary N) is 1. The summed E-state index contributed by atoms with van der Waals surface area (Å²) < 4.78 is 0.505. The molecule has 0 saturated carbocycles. The number of pyridine rings is 1. The first-order valence-electron chi connectivity index (χ1n) is 5.91. The average molecular weight is 391 g/mol. The second kappa shape index (κ2) is 6.60. The second-order valence-electron chi connectivity index (χ2n) is 4.29. The Morgan fingerprint density at radius 3 is 2.67 bits per heavy atom. The summed E-state index contributed by atoms with van der Waals surface area (Å²) in [6.45, 7) is 1.83. The smallest absolute Gasteiger partial charge is 0.311 e. The van der Waals surface area contributed by atoms with Crippen LogP contribution in [0.3, 0.4) is 0 Å². The third-order valence-electron chi connectivity index (χ3n) is 2.82. The molecule has 1 atom stereocenters. The van der Waals surface area contributed by atoms with E-state index in [9.17, 15) is 10.1 Å². The zero-order valence-electron chi connectivity index (χ0n) is 10.8. The summed E-state index contributed by atoms with van der Waals surface area (Å²) in [5.74, 6) is 0.174. The Kier molecular flexibility index (Phi) is 5.03. The van der Waals surface area contributed by atoms with Crippen molar-refractivity contribution in [2.75, 3.05) is 5.32 Å². The van der Waals surface area contributed by atoms with Crippen LogP contribution in [0.5, 0.6) is 0 Å². The quantitative estimate of drug-likeness (QED) is 0.440. The predicted octanol–water partition coefficient (Wildman–Crippen LogP) is 5.23. The second-order valence-corrected chi connectivity index (χ2v) is 5.95. The molecule has 1 aromatic carbocycles. The molecule has 0 bridgehead atoms. The Morgan fingerprint density at radius 2 is 2.05 bits per heavy atom. The van der Waals surface area contributed by atoms with Gasteiger partial charge in [-0.15, -0.1) is 0 Å². The SMILES string of the molecule is C[C@@H](Nc1nc(Br)ccc1[N+](=O)[O-])c1ccc(Cl)cc1Cl. The van der Waals surface area contributed by atoms with Crippen molar-refractivity contribution in [2.45, 2.75) is 13.0 Å². The lowest BCUT2D eigenvalue weighted by molar-refractivity contribution is -0.384. The van der Waals surface area contributed by atoms with E-state index in [0.717, 1.165) is 5.56 Å². The molecule has 1 aromatic heterocycles. The van der Waals surface area contributed by atoms with E-state index >= 15 is 0 Å². The van der Waals surface area contributed by atoms with Crippen LogP contribution in [0.1, 0.15) is 18.5 Å². The molecule has 2 aromatic rings. The number of rotatable bonds is 4. The van der Waals surface area contributed by atoms with E-state index in [1.165, 1.54) is 12.1 Å². The molecule has 21 heavy (non-hydrogen) atoms. The summed E-state index contributed by atoms with van der Waals surface area (Å²) in [6, 6.07) is 7.74. The zero-order valence-corrected chi connectivity index (χ0v) is 13.9. The van der Waals surface area contributed by atoms with Gasteiger partial charge >= 0.3 is 5.69 Å². The average Bonchev–Trinajstić information content (AvgIpc) is 2.37. The maximum absolute atomic E-state index is 11.0. The summed E-state index contributed by atoms with van der Waals surface area (Å²) in [6.07, 6.45) is 0. The van der Waals surface area contributed by atoms with E-state index < -0.39 is 4.92 Å². The largest absolute Gasteiger partial charge is 0.358 e. The first-order valence-corrected chi connectivity index (χ1v) is 7.46. The molecule has 1 N–H and O–H groups in total. The van der Waals surface area contributed by atoms with Crippen molar-refractivity contribution in [3.63, 3.8) is 0 Å². The molecule has 0 saturated heterocycles. The molecule has 110 valence electrons. The Labute approximate surface area is 139 Å². The lowest BCUT2D eigenvalue weighted by Crippen LogP contribution is -2.10. The highest BCUT2D eigenvalue weighted by atomic mass is 79.9. The van der Waals surface area contributed by atoms with Crippen LogP contribution in [0.15, 0.2) is 34.9 Å². The molecule has 2 rings (SSSR count). The minimum atomic E-state index is -0.488. The zero-order chi connectivity index (χ0) is 15.6. The van der Waals surface area contributed by atoms with Gasteiger partial charge in [-0.05, 0) is 46.6 Å². The summed E-state index contributed by atoms with van der Waals surface area (Å²) in [5.41, 5.74) is 0.673. The van der Waals surface area contributed by atoms with E-state index in [-0.39, 0.29) is 17.5 Å². The van der Waals surface area contributed by atoms with Gasteiger partial charge in [0.15, 0.2) is 0 Å². The molecule has 0 amide bonds. The normalized spacial score (nSPS) is 12.0. The Morgan fingerprint density at radius 1 is 1.33 bits per heavy atom. The van der Waals surface area contributed by atoms with Gasteiger partial charge in [0.05, 0.1) is 11.0 Å². The minimum absolute atomic E-state index is 0.102. The van der Waals surface area contributed by atoms with Gasteiger partial charge in [0.25, 0.3) is 0 Å². The van der Waals surface area contributed by atoms with Crippen molar-refractivity contribution in [1.29, 1.82) is 0 Å². The van der Waals surface area contributed by atoms with Crippen molar-refractivity contribution in [2.24, 2.45) is 0 Å². The Balaban J connectivity index is 2.33. The Hall–Kier alpha value is -1.37. The molecule has 1 heterocycles. The minimum Gasteiger partial charge on any atom is -0.358 e. The Bertz CT molecular complexity index is 697. The third kappa shape index (κ3) is 3.84. The number of anilines is 1. The van der Waals surface area contributed by atoms with Crippen molar-refractivity contribution >= 4 is 50.6 Å². The molecule has 0 fully saturated rings. The van der Waals surface area contributed by atoms with Gasteiger partial charge in [-0.3, -0.25) is 10.1 Å². The van der Waals surface area contributed by atoms with Crippen molar-refractivity contribution in [1.82, 2.24) is 4.98 Å². The number of aromatic nitrogens is 1. The predicted molar refractivity (Wildman–Crippen MR) is 87.1 cm³/mol. The molecule has 0 spiro atoms. The van der Waals surface area contributed by atoms with Crippen LogP contribution in [-0.4, -0.2) is 9.91 Å². The number of hydrogen-bond donors (Lipinski definition) is 1. The van der Waals surface area contributed by atoms with Crippen LogP contribution in [-0.2, 0) is 0 Å². The van der Waals surface area contributed by atoms with Gasteiger partial charge in [-0.2, -0.15) is 0 Å². The van der Waals surface area contributed by atoms with Gasteiger partial charge in [-0.1, -0.05) is 29.3 Å². The molecule has 0 aliphatic rings. The number of nitro groups is 1. The van der Waals surface area contributed by atoms with Crippen LogP contribution in [0, 0.1) is 10.1 Å². The number of benzene rings is 1. The van der Waals surface area contributed by atoms with Gasteiger partial charge < -0.3 is 5.32 Å². The molecule has 8 heteroatoms. The van der Waals surface area contributed by atoms with Crippen LogP contribution < -0.4 is 5.32 Å². The fourth-order valence-corrected chi connectivity index (χ4v) is 2.70. The van der Waals surface area contributed by atoms with Gasteiger partial charge in [0.2, 0.25) is 5.82 Å². The van der Waals surface area contributed by atoms with E-state index in [4.69, 9.17) is 23.2 Å². The highest BCUT2D eigenvalue weighted by Crippen LogP contribution is 2.31. The van der Waals surface area contributed by atoms with Gasteiger partial charge in [0.1, 0.15) is 4.60 Å². The van der Waals surface area contributed by atoms with E-state index in [1.807, 2.05) is 6.92 Å². The monoisotopic (exact) mass is 389 g/mol. The molecular formula is C13H10BrCl2N3O2. The van der Waals surface area contributed by atoms with Gasteiger partial charge in [0, 0.05) is 16.1 Å². The standard InChI is InChI=1S/C13H10BrCl2N3O2/c1-7(9-3-2-8(15)6-10(9)16)17-13-11(19(20)21)4-5-12(14)18-13/h2-7H,1H3,(H,17,18)/t7-/m1/s1. The lowest BCUT2D eigenvalue weighted by atomic mass is 10.1. The van der Waals surface area contributed by atoms with Crippen LogP contribution in [0.4, 0.5) is 11.5 Å². The summed E-state index contributed by atoms with van der Waals surface area (Å²) in [5, 5.41) is 15.0. The lowest BCUT2D eigenvalue weighted by Gasteiger charge is -2.16. The fourth-order valence-electron chi connectivity index (χ4n) is 1.82. The first kappa shape index (κ1) is 16.0. The van der Waals surface area contributed by atoms with E-state index in [0.29, 0.717) is 14.6 Å². The van der Waals surface area contributed by atoms with Crippen molar-refractivity contribution < 1.29 is 4.92 Å². The maximum atomic E-state index is 11.0. The summed E-state index contributed by atoms with van der Waals surface area (Å²) >= 11 is 15.2. The topological polar surface area (TPSA) is 68.1 Å². The fraction of sp³-hybridized carbons (Fsp3) is 0.154. The highest BCUT2D eigenvalue weighted by Gasteiger charge is 2.19. The van der Waals surface area contributed by atoms with E-state index in [1.54, 1.807) is 18.2 Å². The highest BCUT2D eigenvalue weighted by molar-refractivity contribution is 9.10. The number of hydrogen-bond acceptors (Lipinski definition) is 4. The van der Waals surface area contributed by atoms with Gasteiger partial charge in [-0.25, -0.2) is 4.98 Å². The molecule has 0 unspecified atom stereocenters. The van der Waals surface area contributed by atoms with Crippen LogP contribution in [0.2, 0.25) is 10.0 Å². The van der Waals surface area contributed by atoms with Crippen molar-refractivity contribution in [3.05, 3.63) is 60.7 Å².